The van der Waals surface area contributed by atoms with Gasteiger partial charge in [-0.25, -0.2) is 5.43 Å². The second kappa shape index (κ2) is 8.38. The van der Waals surface area contributed by atoms with Gasteiger partial charge in [0, 0.05) is 18.2 Å². The highest BCUT2D eigenvalue weighted by atomic mass is 16.6. The molecule has 0 heterocycles. The lowest BCUT2D eigenvalue weighted by Crippen LogP contribution is -2.37. The zero-order chi connectivity index (χ0) is 19.1. The molecule has 2 aromatic rings. The molecule has 0 aliphatic rings. The maximum atomic E-state index is 11.7. The van der Waals surface area contributed by atoms with E-state index < -0.39 is 28.2 Å². The van der Waals surface area contributed by atoms with Gasteiger partial charge in [0.25, 0.3) is 0 Å². The van der Waals surface area contributed by atoms with Gasteiger partial charge in [-0.15, -0.1) is 0 Å². The molecule has 0 saturated carbocycles. The van der Waals surface area contributed by atoms with E-state index in [0.717, 1.165) is 29.5 Å². The summed E-state index contributed by atoms with van der Waals surface area (Å²) in [5.41, 5.74) is 3.74. The minimum Gasteiger partial charge on any atom is -0.502 e. The summed E-state index contributed by atoms with van der Waals surface area (Å²) < 4.78 is 0. The van der Waals surface area contributed by atoms with Crippen LogP contribution in [0.15, 0.2) is 47.6 Å². The summed E-state index contributed by atoms with van der Waals surface area (Å²) in [7, 11) is 0. The fourth-order valence-corrected chi connectivity index (χ4v) is 1.95. The monoisotopic (exact) mass is 356 g/mol. The molecular formula is C17H16N4O5. The van der Waals surface area contributed by atoms with Crippen molar-refractivity contribution in [1.82, 2.24) is 10.7 Å². The van der Waals surface area contributed by atoms with Crippen molar-refractivity contribution in [2.24, 2.45) is 5.10 Å². The third kappa shape index (κ3) is 5.13. The van der Waals surface area contributed by atoms with E-state index in [4.69, 9.17) is 0 Å². The van der Waals surface area contributed by atoms with Crippen LogP contribution in [0, 0.1) is 17.0 Å². The Balaban J connectivity index is 1.88. The first kappa shape index (κ1) is 18.6. The minimum absolute atomic E-state index is 0.195. The number of aryl methyl sites for hydroxylation is 1. The average Bonchev–Trinajstić information content (AvgIpc) is 2.62. The first-order valence-electron chi connectivity index (χ1n) is 7.51. The van der Waals surface area contributed by atoms with Gasteiger partial charge in [-0.3, -0.25) is 19.7 Å². The molecule has 2 amide bonds. The Morgan fingerprint density at radius 3 is 2.54 bits per heavy atom. The van der Waals surface area contributed by atoms with Crippen LogP contribution in [0.3, 0.4) is 0 Å². The van der Waals surface area contributed by atoms with Crippen LogP contribution in [0.5, 0.6) is 5.75 Å². The van der Waals surface area contributed by atoms with Crippen LogP contribution in [0.1, 0.15) is 16.7 Å². The van der Waals surface area contributed by atoms with E-state index in [9.17, 15) is 24.8 Å². The highest BCUT2D eigenvalue weighted by Crippen LogP contribution is 2.25. The normalized spacial score (nSPS) is 10.5. The summed E-state index contributed by atoms with van der Waals surface area (Å²) in [6, 6.07) is 11.0. The van der Waals surface area contributed by atoms with Crippen LogP contribution in [0.2, 0.25) is 0 Å². The average molecular weight is 356 g/mol. The largest absolute Gasteiger partial charge is 0.502 e. The Labute approximate surface area is 148 Å². The quantitative estimate of drug-likeness (QED) is 0.322. The van der Waals surface area contributed by atoms with Crippen molar-refractivity contribution >= 4 is 23.7 Å². The van der Waals surface area contributed by atoms with E-state index >= 15 is 0 Å². The maximum absolute atomic E-state index is 11.7. The lowest BCUT2D eigenvalue weighted by molar-refractivity contribution is -0.385. The van der Waals surface area contributed by atoms with Crippen molar-refractivity contribution < 1.29 is 19.6 Å². The number of phenols is 1. The lowest BCUT2D eigenvalue weighted by Gasteiger charge is -2.04. The molecule has 0 aliphatic heterocycles. The molecule has 9 nitrogen and oxygen atoms in total. The van der Waals surface area contributed by atoms with Crippen molar-refractivity contribution in [2.75, 3.05) is 0 Å². The lowest BCUT2D eigenvalue weighted by atomic mass is 10.1. The number of hydrazone groups is 1. The molecule has 0 radical (unpaired) electrons. The molecule has 2 rings (SSSR count). The van der Waals surface area contributed by atoms with E-state index in [1.54, 1.807) is 0 Å². The van der Waals surface area contributed by atoms with Gasteiger partial charge < -0.3 is 10.4 Å². The topological polar surface area (TPSA) is 134 Å². The van der Waals surface area contributed by atoms with Gasteiger partial charge in [-0.05, 0) is 24.6 Å². The molecular weight excluding hydrogens is 340 g/mol. The molecule has 0 spiro atoms. The van der Waals surface area contributed by atoms with Gasteiger partial charge in [-0.1, -0.05) is 29.8 Å². The van der Waals surface area contributed by atoms with Crippen molar-refractivity contribution in [2.45, 2.75) is 13.5 Å². The third-order valence-corrected chi connectivity index (χ3v) is 3.36. The van der Waals surface area contributed by atoms with Crippen LogP contribution in [-0.4, -0.2) is 28.1 Å². The van der Waals surface area contributed by atoms with Crippen LogP contribution < -0.4 is 10.7 Å². The predicted octanol–water partition coefficient (Wildman–Crippen LogP) is 1.38. The SMILES string of the molecule is Cc1ccc(CNC(=O)C(=O)N/N=C\c2ccc(O)c([N+](=O)[O-])c2)cc1. The standard InChI is InChI=1S/C17H16N4O5/c1-11-2-4-12(5-3-11)9-18-16(23)17(24)20-19-10-13-6-7-15(22)14(8-13)21(25)26/h2-8,10,22H,9H2,1H3,(H,18,23)(H,20,24)/b19-10-. The van der Waals surface area contributed by atoms with Gasteiger partial charge in [0.2, 0.25) is 0 Å². The first-order valence-corrected chi connectivity index (χ1v) is 7.51. The summed E-state index contributed by atoms with van der Waals surface area (Å²) in [6.07, 6.45) is 1.12. The molecule has 134 valence electrons. The zero-order valence-corrected chi connectivity index (χ0v) is 13.8. The highest BCUT2D eigenvalue weighted by molar-refractivity contribution is 6.35. The molecule has 3 N–H and O–H groups in total. The number of nitrogens with zero attached hydrogens (tertiary/aromatic N) is 2. The summed E-state index contributed by atoms with van der Waals surface area (Å²) >= 11 is 0. The molecule has 2 aromatic carbocycles. The Kier molecular flexibility index (Phi) is 5.99. The molecule has 0 aliphatic carbocycles. The minimum atomic E-state index is -0.971. The number of nitro groups is 1. The van der Waals surface area contributed by atoms with Crippen molar-refractivity contribution in [1.29, 1.82) is 0 Å². The van der Waals surface area contributed by atoms with E-state index in [1.807, 2.05) is 36.6 Å². The fraction of sp³-hybridized carbons (Fsp3) is 0.118. The summed E-state index contributed by atoms with van der Waals surface area (Å²) in [5.74, 6) is -2.31. The number of phenolic OH excluding ortho intramolecular Hbond substituents is 1. The number of benzene rings is 2. The Morgan fingerprint density at radius 1 is 1.19 bits per heavy atom. The van der Waals surface area contributed by atoms with E-state index in [0.29, 0.717) is 0 Å². The second-order valence-electron chi connectivity index (χ2n) is 5.37. The van der Waals surface area contributed by atoms with Crippen molar-refractivity contribution in [3.8, 4) is 5.75 Å². The smallest absolute Gasteiger partial charge is 0.329 e. The molecule has 0 atom stereocenters. The summed E-state index contributed by atoms with van der Waals surface area (Å²) in [4.78, 5) is 33.3. The van der Waals surface area contributed by atoms with E-state index in [-0.39, 0.29) is 12.1 Å². The molecule has 0 aromatic heterocycles. The number of aromatic hydroxyl groups is 1. The van der Waals surface area contributed by atoms with Gasteiger partial charge in [-0.2, -0.15) is 5.10 Å². The van der Waals surface area contributed by atoms with Crippen LogP contribution >= 0.6 is 0 Å². The molecule has 0 bridgehead atoms. The fourth-order valence-electron chi connectivity index (χ4n) is 1.95. The number of rotatable bonds is 5. The molecule has 9 heteroatoms. The van der Waals surface area contributed by atoms with Crippen LogP contribution in [0.4, 0.5) is 5.69 Å². The number of nitrogens with one attached hydrogen (secondary N) is 2. The van der Waals surface area contributed by atoms with Crippen molar-refractivity contribution in [3.05, 3.63) is 69.3 Å². The molecule has 0 saturated heterocycles. The molecule has 0 fully saturated rings. The Morgan fingerprint density at radius 2 is 1.88 bits per heavy atom. The Hall–Kier alpha value is -3.75. The number of nitro benzene ring substituents is 1. The van der Waals surface area contributed by atoms with Crippen molar-refractivity contribution in [3.63, 3.8) is 0 Å². The van der Waals surface area contributed by atoms with Gasteiger partial charge >= 0.3 is 17.5 Å². The maximum Gasteiger partial charge on any atom is 0.329 e. The summed E-state index contributed by atoms with van der Waals surface area (Å²) in [6.45, 7) is 2.14. The van der Waals surface area contributed by atoms with Gasteiger partial charge in [0.1, 0.15) is 0 Å². The van der Waals surface area contributed by atoms with Crippen LogP contribution in [0.25, 0.3) is 0 Å². The van der Waals surface area contributed by atoms with E-state index in [2.05, 4.69) is 10.4 Å². The van der Waals surface area contributed by atoms with Crippen LogP contribution in [-0.2, 0) is 16.1 Å². The summed E-state index contributed by atoms with van der Waals surface area (Å²) in [5, 5.41) is 26.1. The Bertz CT molecular complexity index is 862. The number of hydrogen-bond acceptors (Lipinski definition) is 6. The van der Waals surface area contributed by atoms with E-state index in [1.165, 1.54) is 6.07 Å². The number of hydrogen-bond donors (Lipinski definition) is 3. The second-order valence-corrected chi connectivity index (χ2v) is 5.37. The van der Waals surface area contributed by atoms with Gasteiger partial charge in [0.05, 0.1) is 11.1 Å². The van der Waals surface area contributed by atoms with Gasteiger partial charge in [0.15, 0.2) is 5.75 Å². The first-order chi connectivity index (χ1) is 12.4. The number of amides is 2. The predicted molar refractivity (Wildman–Crippen MR) is 93.5 cm³/mol. The number of carbonyl (C=O) groups excluding carboxylic acids is 2. The highest BCUT2D eigenvalue weighted by Gasteiger charge is 2.14. The number of carbonyl (C=O) groups is 2. The molecule has 26 heavy (non-hydrogen) atoms. The molecule has 0 unspecified atom stereocenters. The zero-order valence-electron chi connectivity index (χ0n) is 13.8. The third-order valence-electron chi connectivity index (χ3n) is 3.36.